The first-order valence-corrected chi connectivity index (χ1v) is 6.68. The number of alkyl halides is 6. The summed E-state index contributed by atoms with van der Waals surface area (Å²) in [7, 11) is 0. The van der Waals surface area contributed by atoms with E-state index >= 15 is 0 Å². The predicted octanol–water partition coefficient (Wildman–Crippen LogP) is 2.30. The molecule has 23 heavy (non-hydrogen) atoms. The molecule has 0 aliphatic rings. The van der Waals surface area contributed by atoms with Gasteiger partial charge in [-0.2, -0.15) is 26.3 Å². The normalized spacial score (nSPS) is 12.3. The second-order valence-corrected chi connectivity index (χ2v) is 4.46. The molecule has 0 amide bonds. The summed E-state index contributed by atoms with van der Waals surface area (Å²) in [5, 5.41) is 0. The quantitative estimate of drug-likeness (QED) is 0.470. The molecular formula is C12H17F6NO4. The minimum absolute atomic E-state index is 0.120. The van der Waals surface area contributed by atoms with Crippen molar-refractivity contribution >= 4 is 11.9 Å². The molecule has 0 saturated carbocycles. The maximum absolute atomic E-state index is 11.9. The summed E-state index contributed by atoms with van der Waals surface area (Å²) < 4.78 is 79.6. The molecule has 11 heteroatoms. The number of ether oxygens (including phenoxy) is 2. The molecule has 0 rings (SSSR count). The average Bonchev–Trinajstić information content (AvgIpc) is 2.41. The first-order valence-electron chi connectivity index (χ1n) is 6.68. The van der Waals surface area contributed by atoms with E-state index in [1.165, 1.54) is 4.90 Å². The highest BCUT2D eigenvalue weighted by molar-refractivity contribution is 5.75. The lowest BCUT2D eigenvalue weighted by atomic mass is 10.3. The highest BCUT2D eigenvalue weighted by Crippen LogP contribution is 2.17. The van der Waals surface area contributed by atoms with E-state index in [1.807, 2.05) is 6.92 Å². The van der Waals surface area contributed by atoms with Crippen LogP contribution in [-0.2, 0) is 19.1 Å². The lowest BCUT2D eigenvalue weighted by molar-refractivity contribution is -0.201. The molecule has 136 valence electrons. The summed E-state index contributed by atoms with van der Waals surface area (Å²) in [6.45, 7) is 0.802. The summed E-state index contributed by atoms with van der Waals surface area (Å²) in [5.74, 6) is -4.67. The summed E-state index contributed by atoms with van der Waals surface area (Å²) in [5.41, 5.74) is 0. The van der Waals surface area contributed by atoms with Gasteiger partial charge in [-0.3, -0.25) is 4.90 Å². The molecule has 5 nitrogen and oxygen atoms in total. The van der Waals surface area contributed by atoms with Crippen LogP contribution in [0, 0.1) is 0 Å². The number of hydrogen-bond donors (Lipinski definition) is 0. The number of rotatable bonds is 9. The van der Waals surface area contributed by atoms with Crippen LogP contribution in [0.5, 0.6) is 0 Å². The third-order valence-corrected chi connectivity index (χ3v) is 2.57. The zero-order valence-electron chi connectivity index (χ0n) is 12.3. The Morgan fingerprint density at radius 3 is 1.52 bits per heavy atom. The summed E-state index contributed by atoms with van der Waals surface area (Å²) in [4.78, 5) is 22.5. The Bertz CT molecular complexity index is 351. The second kappa shape index (κ2) is 9.58. The van der Waals surface area contributed by atoms with Crippen molar-refractivity contribution in [3.05, 3.63) is 0 Å². The Kier molecular flexibility index (Phi) is 8.95. The minimum Gasteiger partial charge on any atom is -0.458 e. The molecule has 0 aromatic heterocycles. The van der Waals surface area contributed by atoms with Crippen LogP contribution >= 0.6 is 0 Å². The largest absolute Gasteiger partial charge is 0.490 e. The number of unbranched alkanes of at least 4 members (excludes halogenated alkanes) is 1. The van der Waals surface area contributed by atoms with Crippen molar-refractivity contribution in [2.75, 3.05) is 32.8 Å². The number of esters is 2. The lowest BCUT2D eigenvalue weighted by Crippen LogP contribution is -2.36. The van der Waals surface area contributed by atoms with E-state index in [0.717, 1.165) is 6.42 Å². The number of carbonyl (C=O) groups excluding carboxylic acids is 2. The standard InChI is InChI=1S/C12H17F6NO4/c1-2-3-4-19(5-7-22-9(20)11(13,14)15)6-8-23-10(21)12(16,17)18/h2-8H2,1H3. The molecule has 0 bridgehead atoms. The zero-order valence-corrected chi connectivity index (χ0v) is 12.3. The van der Waals surface area contributed by atoms with E-state index in [4.69, 9.17) is 0 Å². The Labute approximate surface area is 128 Å². The third kappa shape index (κ3) is 9.97. The fraction of sp³-hybridized carbons (Fsp3) is 0.833. The molecular weight excluding hydrogens is 336 g/mol. The molecule has 0 heterocycles. The first kappa shape index (κ1) is 21.5. The van der Waals surface area contributed by atoms with E-state index in [-0.39, 0.29) is 13.1 Å². The summed E-state index contributed by atoms with van der Waals surface area (Å²) >= 11 is 0. The zero-order chi connectivity index (χ0) is 18.1. The van der Waals surface area contributed by atoms with Gasteiger partial charge in [0.25, 0.3) is 0 Å². The molecule has 0 saturated heterocycles. The number of nitrogens with zero attached hydrogens (tertiary/aromatic N) is 1. The van der Waals surface area contributed by atoms with Gasteiger partial charge in [-0.15, -0.1) is 0 Å². The second-order valence-electron chi connectivity index (χ2n) is 4.46. The van der Waals surface area contributed by atoms with Gasteiger partial charge in [0.2, 0.25) is 0 Å². The molecule has 0 aromatic rings. The molecule has 0 aliphatic carbocycles. The lowest BCUT2D eigenvalue weighted by Gasteiger charge is -2.22. The van der Waals surface area contributed by atoms with Crippen molar-refractivity contribution in [2.45, 2.75) is 32.1 Å². The van der Waals surface area contributed by atoms with Crippen molar-refractivity contribution in [2.24, 2.45) is 0 Å². The number of carbonyl (C=O) groups is 2. The number of hydrogen-bond acceptors (Lipinski definition) is 5. The van der Waals surface area contributed by atoms with Crippen molar-refractivity contribution in [1.82, 2.24) is 4.90 Å². The Morgan fingerprint density at radius 1 is 0.826 bits per heavy atom. The van der Waals surface area contributed by atoms with Gasteiger partial charge in [0.05, 0.1) is 0 Å². The fourth-order valence-electron chi connectivity index (χ4n) is 1.42. The van der Waals surface area contributed by atoms with Crippen LogP contribution in [0.1, 0.15) is 19.8 Å². The van der Waals surface area contributed by atoms with Crippen LogP contribution in [0.3, 0.4) is 0 Å². The van der Waals surface area contributed by atoms with Gasteiger partial charge >= 0.3 is 24.3 Å². The van der Waals surface area contributed by atoms with Crippen LogP contribution in [-0.4, -0.2) is 62.0 Å². The van der Waals surface area contributed by atoms with Gasteiger partial charge in [0.15, 0.2) is 0 Å². The monoisotopic (exact) mass is 353 g/mol. The smallest absolute Gasteiger partial charge is 0.458 e. The first-order chi connectivity index (χ1) is 10.5. The van der Waals surface area contributed by atoms with E-state index < -0.39 is 37.5 Å². The average molecular weight is 353 g/mol. The van der Waals surface area contributed by atoms with Gasteiger partial charge in [-0.05, 0) is 13.0 Å². The van der Waals surface area contributed by atoms with E-state index in [2.05, 4.69) is 9.47 Å². The molecule has 0 unspecified atom stereocenters. The SMILES string of the molecule is CCCCN(CCOC(=O)C(F)(F)F)CCOC(=O)C(F)(F)F. The van der Waals surface area contributed by atoms with Crippen LogP contribution in [0.25, 0.3) is 0 Å². The topological polar surface area (TPSA) is 55.8 Å². The van der Waals surface area contributed by atoms with Crippen LogP contribution in [0.2, 0.25) is 0 Å². The van der Waals surface area contributed by atoms with Gasteiger partial charge in [-0.25, -0.2) is 9.59 Å². The van der Waals surface area contributed by atoms with E-state index in [9.17, 15) is 35.9 Å². The molecule has 0 aliphatic heterocycles. The third-order valence-electron chi connectivity index (χ3n) is 2.57. The predicted molar refractivity (Wildman–Crippen MR) is 65.4 cm³/mol. The van der Waals surface area contributed by atoms with Crippen LogP contribution in [0.15, 0.2) is 0 Å². The van der Waals surface area contributed by atoms with Crippen molar-refractivity contribution in [3.8, 4) is 0 Å². The fourth-order valence-corrected chi connectivity index (χ4v) is 1.42. The summed E-state index contributed by atoms with van der Waals surface area (Å²) in [6.07, 6.45) is -8.84. The minimum atomic E-state index is -5.10. The van der Waals surface area contributed by atoms with Gasteiger partial charge in [0, 0.05) is 13.1 Å². The molecule has 0 fully saturated rings. The number of halogens is 6. The molecule has 0 spiro atoms. The Balaban J connectivity index is 4.21. The molecule has 0 aromatic carbocycles. The highest BCUT2D eigenvalue weighted by atomic mass is 19.4. The summed E-state index contributed by atoms with van der Waals surface area (Å²) in [6, 6.07) is 0. The van der Waals surface area contributed by atoms with Crippen molar-refractivity contribution in [1.29, 1.82) is 0 Å². The van der Waals surface area contributed by atoms with Crippen LogP contribution < -0.4 is 0 Å². The van der Waals surface area contributed by atoms with Crippen molar-refractivity contribution < 1.29 is 45.4 Å². The Hall–Kier alpha value is -1.52. The van der Waals surface area contributed by atoms with Crippen molar-refractivity contribution in [3.63, 3.8) is 0 Å². The maximum atomic E-state index is 11.9. The molecule has 0 atom stereocenters. The molecule has 0 N–H and O–H groups in total. The maximum Gasteiger partial charge on any atom is 0.490 e. The Morgan fingerprint density at radius 2 is 1.22 bits per heavy atom. The molecule has 0 radical (unpaired) electrons. The van der Waals surface area contributed by atoms with E-state index in [1.54, 1.807) is 0 Å². The van der Waals surface area contributed by atoms with Gasteiger partial charge in [0.1, 0.15) is 13.2 Å². The van der Waals surface area contributed by atoms with Gasteiger partial charge in [-0.1, -0.05) is 13.3 Å². The van der Waals surface area contributed by atoms with E-state index in [0.29, 0.717) is 13.0 Å². The highest BCUT2D eigenvalue weighted by Gasteiger charge is 2.41. The van der Waals surface area contributed by atoms with Crippen LogP contribution in [0.4, 0.5) is 26.3 Å². The van der Waals surface area contributed by atoms with Gasteiger partial charge < -0.3 is 9.47 Å².